The minimum Gasteiger partial charge on any atom is -0.324 e. The number of thioether (sulfide) groups is 1. The third-order valence-corrected chi connectivity index (χ3v) is 5.31. The maximum atomic E-state index is 12.2. The zero-order valence-electron chi connectivity index (χ0n) is 14.9. The second-order valence-electron chi connectivity index (χ2n) is 6.71. The van der Waals surface area contributed by atoms with Crippen molar-refractivity contribution >= 4 is 23.7 Å². The Morgan fingerprint density at radius 1 is 1.20 bits per heavy atom. The Labute approximate surface area is 151 Å². The van der Waals surface area contributed by atoms with Crippen LogP contribution in [0.5, 0.6) is 0 Å². The molecular weight excluding hydrogens is 336 g/mol. The van der Waals surface area contributed by atoms with Crippen LogP contribution in [0.4, 0.5) is 4.79 Å². The van der Waals surface area contributed by atoms with Crippen molar-refractivity contribution < 1.29 is 9.59 Å². The zero-order valence-corrected chi connectivity index (χ0v) is 15.7. The van der Waals surface area contributed by atoms with Crippen LogP contribution in [0.1, 0.15) is 25.0 Å². The summed E-state index contributed by atoms with van der Waals surface area (Å²) in [4.78, 5) is 29.8. The zero-order chi connectivity index (χ0) is 18.2. The van der Waals surface area contributed by atoms with Crippen LogP contribution in [-0.4, -0.2) is 44.2 Å². The molecule has 0 aliphatic carbocycles. The fourth-order valence-electron chi connectivity index (χ4n) is 2.72. The Morgan fingerprint density at radius 3 is 2.60 bits per heavy atom. The largest absolute Gasteiger partial charge is 0.325 e. The highest BCUT2D eigenvalue weighted by molar-refractivity contribution is 7.99. The predicted octanol–water partition coefficient (Wildman–Crippen LogP) is 2.91. The van der Waals surface area contributed by atoms with E-state index in [1.807, 2.05) is 10.8 Å². The number of amides is 3. The number of aryl methyl sites for hydroxylation is 2. The van der Waals surface area contributed by atoms with E-state index in [1.54, 1.807) is 20.0 Å². The molecular formula is C18H22N4O2S. The molecule has 0 saturated carbocycles. The molecule has 6 nitrogen and oxygen atoms in total. The Morgan fingerprint density at radius 2 is 1.96 bits per heavy atom. The third-order valence-electron chi connectivity index (χ3n) is 4.37. The quantitative estimate of drug-likeness (QED) is 0.659. The number of hydrogen-bond donors (Lipinski definition) is 1. The van der Waals surface area contributed by atoms with E-state index in [-0.39, 0.29) is 11.9 Å². The standard InChI is InChI=1S/C18H22N4O2S/c1-12-5-6-14(11-13(12)2)21-8-7-19-17(21)25-10-9-22-15(23)18(3,4)20-16(22)24/h5-8,11H,9-10H2,1-4H3,(H,20,24). The van der Waals surface area contributed by atoms with Crippen LogP contribution < -0.4 is 5.32 Å². The summed E-state index contributed by atoms with van der Waals surface area (Å²) < 4.78 is 2.02. The van der Waals surface area contributed by atoms with E-state index in [9.17, 15) is 9.59 Å². The van der Waals surface area contributed by atoms with Gasteiger partial charge in [-0.3, -0.25) is 14.3 Å². The molecule has 2 heterocycles. The van der Waals surface area contributed by atoms with E-state index < -0.39 is 5.54 Å². The molecule has 1 N–H and O–H groups in total. The van der Waals surface area contributed by atoms with Gasteiger partial charge in [0, 0.05) is 30.4 Å². The molecule has 2 aromatic rings. The number of nitrogens with one attached hydrogen (secondary N) is 1. The van der Waals surface area contributed by atoms with Crippen LogP contribution in [0.2, 0.25) is 0 Å². The molecule has 3 rings (SSSR count). The van der Waals surface area contributed by atoms with Gasteiger partial charge in [0.2, 0.25) is 0 Å². The highest BCUT2D eigenvalue weighted by atomic mass is 32.2. The molecule has 0 bridgehead atoms. The molecule has 7 heteroatoms. The van der Waals surface area contributed by atoms with Crippen LogP contribution in [0, 0.1) is 13.8 Å². The van der Waals surface area contributed by atoms with Gasteiger partial charge in [0.25, 0.3) is 5.91 Å². The fourth-order valence-corrected chi connectivity index (χ4v) is 3.61. The van der Waals surface area contributed by atoms with Crippen LogP contribution in [0.25, 0.3) is 5.69 Å². The number of urea groups is 1. The fraction of sp³-hybridized carbons (Fsp3) is 0.389. The molecule has 25 heavy (non-hydrogen) atoms. The molecule has 0 atom stereocenters. The minimum atomic E-state index is -0.820. The highest BCUT2D eigenvalue weighted by Gasteiger charge is 2.43. The van der Waals surface area contributed by atoms with Crippen molar-refractivity contribution in [2.75, 3.05) is 12.3 Å². The van der Waals surface area contributed by atoms with Crippen LogP contribution in [0.3, 0.4) is 0 Å². The van der Waals surface area contributed by atoms with Gasteiger partial charge in [-0.1, -0.05) is 17.8 Å². The first-order chi connectivity index (χ1) is 11.8. The molecule has 1 fully saturated rings. The number of carbonyl (C=O) groups is 2. The van der Waals surface area contributed by atoms with E-state index in [2.05, 4.69) is 42.3 Å². The normalized spacial score (nSPS) is 16.4. The van der Waals surface area contributed by atoms with Crippen molar-refractivity contribution in [1.82, 2.24) is 19.8 Å². The first-order valence-electron chi connectivity index (χ1n) is 8.17. The molecule has 1 aromatic carbocycles. The van der Waals surface area contributed by atoms with Gasteiger partial charge in [0.15, 0.2) is 5.16 Å². The van der Waals surface area contributed by atoms with Gasteiger partial charge < -0.3 is 5.32 Å². The predicted molar refractivity (Wildman–Crippen MR) is 98.1 cm³/mol. The van der Waals surface area contributed by atoms with Gasteiger partial charge in [-0.15, -0.1) is 0 Å². The molecule has 0 radical (unpaired) electrons. The maximum Gasteiger partial charge on any atom is 0.325 e. The topological polar surface area (TPSA) is 67.2 Å². The van der Waals surface area contributed by atoms with E-state index >= 15 is 0 Å². The number of hydrogen-bond acceptors (Lipinski definition) is 4. The monoisotopic (exact) mass is 358 g/mol. The Bertz CT molecular complexity index is 828. The number of rotatable bonds is 5. The number of aromatic nitrogens is 2. The van der Waals surface area contributed by atoms with Crippen molar-refractivity contribution in [3.8, 4) is 5.69 Å². The summed E-state index contributed by atoms with van der Waals surface area (Å²) in [5.74, 6) is 0.410. The third kappa shape index (κ3) is 3.42. The van der Waals surface area contributed by atoms with E-state index in [0.29, 0.717) is 12.3 Å². The van der Waals surface area contributed by atoms with Gasteiger partial charge >= 0.3 is 6.03 Å². The van der Waals surface area contributed by atoms with E-state index in [1.165, 1.54) is 27.8 Å². The second-order valence-corrected chi connectivity index (χ2v) is 7.77. The summed E-state index contributed by atoms with van der Waals surface area (Å²) in [7, 11) is 0. The Hall–Kier alpha value is -2.28. The van der Waals surface area contributed by atoms with Gasteiger partial charge in [0.05, 0.1) is 0 Å². The van der Waals surface area contributed by atoms with Crippen LogP contribution in [-0.2, 0) is 4.79 Å². The summed E-state index contributed by atoms with van der Waals surface area (Å²) in [6.07, 6.45) is 3.68. The summed E-state index contributed by atoms with van der Waals surface area (Å²) in [5.41, 5.74) is 2.71. The maximum absolute atomic E-state index is 12.2. The van der Waals surface area contributed by atoms with Gasteiger partial charge in [-0.2, -0.15) is 0 Å². The lowest BCUT2D eigenvalue weighted by Crippen LogP contribution is -2.40. The number of carbonyl (C=O) groups excluding carboxylic acids is 2. The molecule has 1 saturated heterocycles. The molecule has 132 valence electrons. The molecule has 1 aromatic heterocycles. The average molecular weight is 358 g/mol. The minimum absolute atomic E-state index is 0.185. The Kier molecular flexibility index (Phi) is 4.60. The Balaban J connectivity index is 1.67. The molecule has 0 spiro atoms. The highest BCUT2D eigenvalue weighted by Crippen LogP contribution is 2.23. The van der Waals surface area contributed by atoms with Crippen molar-refractivity contribution in [3.05, 3.63) is 41.7 Å². The van der Waals surface area contributed by atoms with Crippen molar-refractivity contribution in [2.24, 2.45) is 0 Å². The SMILES string of the molecule is Cc1ccc(-n2ccnc2SCCN2C(=O)NC(C)(C)C2=O)cc1C. The second kappa shape index (κ2) is 6.55. The summed E-state index contributed by atoms with van der Waals surface area (Å²) in [6, 6.07) is 5.96. The lowest BCUT2D eigenvalue weighted by molar-refractivity contribution is -0.130. The molecule has 1 aliphatic rings. The van der Waals surface area contributed by atoms with Gasteiger partial charge in [-0.05, 0) is 51.0 Å². The van der Waals surface area contributed by atoms with E-state index in [4.69, 9.17) is 0 Å². The summed E-state index contributed by atoms with van der Waals surface area (Å²) >= 11 is 1.53. The van der Waals surface area contributed by atoms with Crippen molar-refractivity contribution in [2.45, 2.75) is 38.4 Å². The van der Waals surface area contributed by atoms with Crippen molar-refractivity contribution in [3.63, 3.8) is 0 Å². The summed E-state index contributed by atoms with van der Waals surface area (Å²) in [6.45, 7) is 7.96. The number of nitrogens with zero attached hydrogens (tertiary/aromatic N) is 3. The lowest BCUT2D eigenvalue weighted by atomic mass is 10.1. The first-order valence-corrected chi connectivity index (χ1v) is 9.16. The number of imide groups is 1. The van der Waals surface area contributed by atoms with E-state index in [0.717, 1.165) is 10.8 Å². The lowest BCUT2D eigenvalue weighted by Gasteiger charge is -2.15. The number of imidazole rings is 1. The van der Waals surface area contributed by atoms with Crippen LogP contribution >= 0.6 is 11.8 Å². The molecule has 1 aliphatic heterocycles. The first kappa shape index (κ1) is 17.5. The van der Waals surface area contributed by atoms with Crippen molar-refractivity contribution in [1.29, 1.82) is 0 Å². The molecule has 0 unspecified atom stereocenters. The van der Waals surface area contributed by atoms with Crippen LogP contribution in [0.15, 0.2) is 35.7 Å². The van der Waals surface area contributed by atoms with Gasteiger partial charge in [0.1, 0.15) is 5.54 Å². The smallest absolute Gasteiger partial charge is 0.324 e. The summed E-state index contributed by atoms with van der Waals surface area (Å²) in [5, 5.41) is 3.53. The average Bonchev–Trinajstić information content (AvgIpc) is 3.08. The molecule has 3 amide bonds. The number of benzene rings is 1. The van der Waals surface area contributed by atoms with Gasteiger partial charge in [-0.25, -0.2) is 9.78 Å².